The summed E-state index contributed by atoms with van der Waals surface area (Å²) < 4.78 is 0. The van der Waals surface area contributed by atoms with Crippen LogP contribution < -0.4 is 5.73 Å². The molecule has 0 aliphatic heterocycles. The van der Waals surface area contributed by atoms with Gasteiger partial charge in [-0.2, -0.15) is 0 Å². The topological polar surface area (TPSA) is 63.3 Å². The number of aliphatic hydroxyl groups is 1. The summed E-state index contributed by atoms with van der Waals surface area (Å²) in [5.74, 6) is -0.373. The maximum atomic E-state index is 10.5. The summed E-state index contributed by atoms with van der Waals surface area (Å²) in [5.41, 5.74) is 6.53. The predicted octanol–water partition coefficient (Wildman–Crippen LogP) is 1.72. The first-order chi connectivity index (χ1) is 7.13. The smallest absolute Gasteiger partial charge is 0.221 e. The van der Waals surface area contributed by atoms with Crippen LogP contribution in [0.15, 0.2) is 24.3 Å². The predicted molar refractivity (Wildman–Crippen MR) is 60.2 cm³/mol. The van der Waals surface area contributed by atoms with Crippen molar-refractivity contribution in [3.05, 3.63) is 40.4 Å². The van der Waals surface area contributed by atoms with Gasteiger partial charge in [0.2, 0.25) is 5.91 Å². The lowest BCUT2D eigenvalue weighted by molar-refractivity contribution is -0.117. The van der Waals surface area contributed by atoms with Crippen molar-refractivity contribution in [1.82, 2.24) is 0 Å². The Morgan fingerprint density at radius 3 is 2.87 bits per heavy atom. The van der Waals surface area contributed by atoms with Gasteiger partial charge in [-0.15, -0.1) is 0 Å². The molecule has 1 amide bonds. The highest BCUT2D eigenvalue weighted by Crippen LogP contribution is 2.18. The van der Waals surface area contributed by atoms with E-state index < -0.39 is 0 Å². The summed E-state index contributed by atoms with van der Waals surface area (Å²) in [6.07, 6.45) is 3.64. The number of nitrogens with two attached hydrogens (primary N) is 1. The van der Waals surface area contributed by atoms with Crippen molar-refractivity contribution >= 4 is 23.6 Å². The van der Waals surface area contributed by atoms with Gasteiger partial charge in [0, 0.05) is 11.4 Å². The van der Waals surface area contributed by atoms with Gasteiger partial charge >= 0.3 is 0 Å². The lowest BCUT2D eigenvalue weighted by Gasteiger charge is -2.01. The molecule has 0 bridgehead atoms. The number of rotatable bonds is 4. The Morgan fingerprint density at radius 1 is 1.53 bits per heavy atom. The van der Waals surface area contributed by atoms with Gasteiger partial charge in [-0.3, -0.25) is 4.79 Å². The number of benzene rings is 1. The quantitative estimate of drug-likeness (QED) is 0.820. The molecule has 0 aromatic heterocycles. The molecule has 1 aromatic rings. The molecule has 0 fully saturated rings. The fourth-order valence-corrected chi connectivity index (χ4v) is 1.31. The fourth-order valence-electron chi connectivity index (χ4n) is 1.13. The van der Waals surface area contributed by atoms with Crippen LogP contribution in [0.5, 0.6) is 0 Å². The average molecular weight is 226 g/mol. The van der Waals surface area contributed by atoms with Crippen LogP contribution in [-0.4, -0.2) is 11.0 Å². The molecule has 1 aromatic carbocycles. The maximum Gasteiger partial charge on any atom is 0.221 e. The van der Waals surface area contributed by atoms with Crippen LogP contribution >= 0.6 is 11.6 Å². The third kappa shape index (κ3) is 3.73. The number of carbonyl (C=O) groups excluding carboxylic acids is 1. The van der Waals surface area contributed by atoms with E-state index in [2.05, 4.69) is 0 Å². The molecule has 80 valence electrons. The summed E-state index contributed by atoms with van der Waals surface area (Å²) in [6, 6.07) is 5.27. The highest BCUT2D eigenvalue weighted by atomic mass is 35.5. The van der Waals surface area contributed by atoms with E-state index in [4.69, 9.17) is 22.4 Å². The van der Waals surface area contributed by atoms with Crippen LogP contribution in [0.1, 0.15) is 17.5 Å². The number of primary amides is 1. The van der Waals surface area contributed by atoms with E-state index in [9.17, 15) is 4.79 Å². The van der Waals surface area contributed by atoms with Gasteiger partial charge in [0.25, 0.3) is 0 Å². The second kappa shape index (κ2) is 5.53. The van der Waals surface area contributed by atoms with E-state index >= 15 is 0 Å². The van der Waals surface area contributed by atoms with Crippen molar-refractivity contribution in [2.24, 2.45) is 5.73 Å². The number of carbonyl (C=O) groups is 1. The maximum absolute atomic E-state index is 10.5. The zero-order chi connectivity index (χ0) is 11.3. The summed E-state index contributed by atoms with van der Waals surface area (Å²) in [4.78, 5) is 10.5. The Kier molecular flexibility index (Phi) is 4.34. The number of hydrogen-bond donors (Lipinski definition) is 2. The highest BCUT2D eigenvalue weighted by molar-refractivity contribution is 6.31. The molecule has 3 N–H and O–H groups in total. The summed E-state index contributed by atoms with van der Waals surface area (Å²) in [7, 11) is 0. The Balaban J connectivity index is 2.78. The first-order valence-corrected chi connectivity index (χ1v) is 4.85. The van der Waals surface area contributed by atoms with Crippen molar-refractivity contribution in [2.45, 2.75) is 13.0 Å². The number of halogens is 1. The molecule has 0 spiro atoms. The van der Waals surface area contributed by atoms with Crippen LogP contribution in [0.4, 0.5) is 0 Å². The largest absolute Gasteiger partial charge is 0.392 e. The van der Waals surface area contributed by atoms with Crippen LogP contribution in [0, 0.1) is 0 Å². The first-order valence-electron chi connectivity index (χ1n) is 4.47. The molecule has 0 saturated heterocycles. The second-order valence-electron chi connectivity index (χ2n) is 3.08. The second-order valence-corrected chi connectivity index (χ2v) is 3.49. The first kappa shape index (κ1) is 11.8. The molecule has 0 aliphatic carbocycles. The van der Waals surface area contributed by atoms with Crippen molar-refractivity contribution in [2.75, 3.05) is 0 Å². The van der Waals surface area contributed by atoms with Gasteiger partial charge in [0.15, 0.2) is 0 Å². The minimum absolute atomic E-state index is 0.101. The van der Waals surface area contributed by atoms with Gasteiger partial charge in [-0.1, -0.05) is 29.8 Å². The van der Waals surface area contributed by atoms with E-state index in [1.165, 1.54) is 0 Å². The molecule has 0 unspecified atom stereocenters. The summed E-state index contributed by atoms with van der Waals surface area (Å²) >= 11 is 5.82. The van der Waals surface area contributed by atoms with Gasteiger partial charge in [0.1, 0.15) is 0 Å². The minimum atomic E-state index is -0.373. The van der Waals surface area contributed by atoms with Crippen molar-refractivity contribution < 1.29 is 9.90 Å². The Hall–Kier alpha value is -1.32. The van der Waals surface area contributed by atoms with E-state index in [1.807, 2.05) is 0 Å². The van der Waals surface area contributed by atoms with Crippen LogP contribution in [0.25, 0.3) is 6.08 Å². The minimum Gasteiger partial charge on any atom is -0.392 e. The molecule has 1 rings (SSSR count). The van der Waals surface area contributed by atoms with Crippen molar-refractivity contribution in [1.29, 1.82) is 0 Å². The normalized spacial score (nSPS) is 10.8. The number of amides is 1. The molecule has 0 aliphatic rings. The van der Waals surface area contributed by atoms with Gasteiger partial charge in [-0.05, 0) is 23.3 Å². The van der Waals surface area contributed by atoms with Gasteiger partial charge in [-0.25, -0.2) is 0 Å². The zero-order valence-corrected chi connectivity index (χ0v) is 8.87. The molecule has 0 radical (unpaired) electrons. The Morgan fingerprint density at radius 2 is 2.27 bits per heavy atom. The van der Waals surface area contributed by atoms with Crippen LogP contribution in [-0.2, 0) is 11.4 Å². The number of hydrogen-bond acceptors (Lipinski definition) is 2. The highest BCUT2D eigenvalue weighted by Gasteiger charge is 1.98. The average Bonchev–Trinajstić information content (AvgIpc) is 2.20. The molecule has 0 heterocycles. The van der Waals surface area contributed by atoms with E-state index in [-0.39, 0.29) is 18.9 Å². The molecular formula is C11H12ClNO2. The van der Waals surface area contributed by atoms with Gasteiger partial charge < -0.3 is 10.8 Å². The van der Waals surface area contributed by atoms with Crippen molar-refractivity contribution in [3.8, 4) is 0 Å². The summed E-state index contributed by atoms with van der Waals surface area (Å²) in [5, 5.41) is 9.51. The SMILES string of the molecule is NC(=O)CC=Cc1ccc(Cl)c(CO)c1. The fraction of sp³-hybridized carbons (Fsp3) is 0.182. The molecular weight excluding hydrogens is 214 g/mol. The zero-order valence-electron chi connectivity index (χ0n) is 8.11. The van der Waals surface area contributed by atoms with Crippen LogP contribution in [0.2, 0.25) is 5.02 Å². The Labute approximate surface area is 93.2 Å². The molecule has 4 heteroatoms. The number of aliphatic hydroxyl groups excluding tert-OH is 1. The molecule has 15 heavy (non-hydrogen) atoms. The van der Waals surface area contributed by atoms with E-state index in [1.54, 1.807) is 30.4 Å². The van der Waals surface area contributed by atoms with E-state index in [0.717, 1.165) is 5.56 Å². The third-order valence-electron chi connectivity index (χ3n) is 1.87. The van der Waals surface area contributed by atoms with Gasteiger partial charge in [0.05, 0.1) is 6.61 Å². The standard InChI is InChI=1S/C11H12ClNO2/c12-10-5-4-8(6-9(10)7-14)2-1-3-11(13)15/h1-2,4-6,14H,3,7H2,(H2,13,15). The van der Waals surface area contributed by atoms with E-state index in [0.29, 0.717) is 10.6 Å². The van der Waals surface area contributed by atoms with Crippen molar-refractivity contribution in [3.63, 3.8) is 0 Å². The molecule has 0 atom stereocenters. The lowest BCUT2D eigenvalue weighted by atomic mass is 10.1. The molecule has 0 saturated carbocycles. The molecule has 3 nitrogen and oxygen atoms in total. The monoisotopic (exact) mass is 225 g/mol. The Bertz CT molecular complexity index is 388. The summed E-state index contributed by atoms with van der Waals surface area (Å²) in [6.45, 7) is -0.101. The third-order valence-corrected chi connectivity index (χ3v) is 2.24. The lowest BCUT2D eigenvalue weighted by Crippen LogP contribution is -2.07. The van der Waals surface area contributed by atoms with Crippen LogP contribution in [0.3, 0.4) is 0 Å².